The Morgan fingerprint density at radius 3 is 2.75 bits per heavy atom. The lowest BCUT2D eigenvalue weighted by molar-refractivity contribution is -0.150. The Bertz CT molecular complexity index is 894. The van der Waals surface area contributed by atoms with Crippen LogP contribution in [0.2, 0.25) is 0 Å². The van der Waals surface area contributed by atoms with Crippen LogP contribution in [-0.2, 0) is 9.53 Å². The number of imidazole rings is 1. The van der Waals surface area contributed by atoms with Gasteiger partial charge in [0.2, 0.25) is 0 Å². The second-order valence-electron chi connectivity index (χ2n) is 8.42. The van der Waals surface area contributed by atoms with Crippen molar-refractivity contribution in [1.29, 1.82) is 0 Å². The first-order valence-electron chi connectivity index (χ1n) is 10.3. The molecule has 5 heterocycles. The highest BCUT2D eigenvalue weighted by Gasteiger charge is 2.51. The summed E-state index contributed by atoms with van der Waals surface area (Å²) in [4.78, 5) is 34.0. The number of hydrogen-bond acceptors (Lipinski definition) is 5. The van der Waals surface area contributed by atoms with Crippen molar-refractivity contribution in [3.8, 4) is 0 Å². The Morgan fingerprint density at radius 1 is 1.18 bits per heavy atom. The van der Waals surface area contributed by atoms with Crippen LogP contribution in [-0.4, -0.2) is 69.9 Å². The van der Waals surface area contributed by atoms with E-state index in [-0.39, 0.29) is 18.0 Å². The molecule has 1 amide bonds. The number of nitrogens with zero attached hydrogens (tertiary/aromatic N) is 4. The van der Waals surface area contributed by atoms with E-state index in [1.165, 1.54) is 12.8 Å². The Morgan fingerprint density at radius 2 is 1.96 bits per heavy atom. The molecule has 7 nitrogen and oxygen atoms in total. The predicted octanol–water partition coefficient (Wildman–Crippen LogP) is 1.97. The Hall–Kier alpha value is -2.41. The van der Waals surface area contributed by atoms with Gasteiger partial charge in [0.1, 0.15) is 11.8 Å². The standard InChI is InChI=1S/C21H26N4O3/c26-19(16-3-4-18-22-7-12-25(18)14-16)24-10-5-21(6-11-24)13-17(28-20(21)27)15-23-8-1-2-9-23/h3-4,7,12,14,17H,1-2,5-6,8-11,13,15H2. The lowest BCUT2D eigenvalue weighted by Gasteiger charge is -2.36. The molecule has 148 valence electrons. The van der Waals surface area contributed by atoms with E-state index in [2.05, 4.69) is 9.88 Å². The molecule has 0 aromatic carbocycles. The van der Waals surface area contributed by atoms with Crippen molar-refractivity contribution in [3.05, 3.63) is 36.3 Å². The van der Waals surface area contributed by atoms with E-state index in [9.17, 15) is 9.59 Å². The summed E-state index contributed by atoms with van der Waals surface area (Å²) in [5.41, 5.74) is 1.09. The Kier molecular flexibility index (Phi) is 4.34. The van der Waals surface area contributed by atoms with Gasteiger partial charge < -0.3 is 14.0 Å². The molecule has 0 saturated carbocycles. The van der Waals surface area contributed by atoms with Gasteiger partial charge in [-0.25, -0.2) is 4.98 Å². The van der Waals surface area contributed by atoms with Crippen molar-refractivity contribution in [2.45, 2.75) is 38.2 Å². The summed E-state index contributed by atoms with van der Waals surface area (Å²) < 4.78 is 7.60. The highest BCUT2D eigenvalue weighted by atomic mass is 16.6. The summed E-state index contributed by atoms with van der Waals surface area (Å²) in [5, 5.41) is 0. The van der Waals surface area contributed by atoms with E-state index in [1.807, 2.05) is 33.8 Å². The largest absolute Gasteiger partial charge is 0.461 e. The third-order valence-corrected chi connectivity index (χ3v) is 6.63. The van der Waals surface area contributed by atoms with Crippen LogP contribution in [0.4, 0.5) is 0 Å². The average molecular weight is 382 g/mol. The summed E-state index contributed by atoms with van der Waals surface area (Å²) in [7, 11) is 0. The van der Waals surface area contributed by atoms with Crippen molar-refractivity contribution in [2.75, 3.05) is 32.7 Å². The van der Waals surface area contributed by atoms with Gasteiger partial charge >= 0.3 is 5.97 Å². The number of pyridine rings is 1. The number of esters is 1. The minimum Gasteiger partial charge on any atom is -0.461 e. The zero-order chi connectivity index (χ0) is 19.1. The Labute approximate surface area is 164 Å². The quantitative estimate of drug-likeness (QED) is 0.760. The van der Waals surface area contributed by atoms with Crippen LogP contribution in [0.15, 0.2) is 30.7 Å². The van der Waals surface area contributed by atoms with Crippen molar-refractivity contribution in [3.63, 3.8) is 0 Å². The topological polar surface area (TPSA) is 67.2 Å². The summed E-state index contributed by atoms with van der Waals surface area (Å²) in [6.07, 6.45) is 10.1. The van der Waals surface area contributed by atoms with Crippen LogP contribution in [0.5, 0.6) is 0 Å². The molecule has 7 heteroatoms. The van der Waals surface area contributed by atoms with E-state index >= 15 is 0 Å². The zero-order valence-electron chi connectivity index (χ0n) is 16.0. The number of rotatable bonds is 3. The van der Waals surface area contributed by atoms with Gasteiger partial charge in [-0.15, -0.1) is 0 Å². The molecule has 1 atom stereocenters. The van der Waals surface area contributed by atoms with E-state index < -0.39 is 5.41 Å². The fourth-order valence-corrected chi connectivity index (χ4v) is 4.97. The highest BCUT2D eigenvalue weighted by Crippen LogP contribution is 2.43. The maximum Gasteiger partial charge on any atom is 0.312 e. The predicted molar refractivity (Wildman–Crippen MR) is 103 cm³/mol. The van der Waals surface area contributed by atoms with Gasteiger partial charge in [-0.05, 0) is 50.9 Å². The first-order valence-corrected chi connectivity index (χ1v) is 10.3. The maximum absolute atomic E-state index is 12.9. The number of fused-ring (bicyclic) bond motifs is 1. The molecule has 1 unspecified atom stereocenters. The van der Waals surface area contributed by atoms with Gasteiger partial charge in [0.25, 0.3) is 5.91 Å². The molecule has 3 aliphatic rings. The molecule has 28 heavy (non-hydrogen) atoms. The van der Waals surface area contributed by atoms with Crippen molar-refractivity contribution in [2.24, 2.45) is 5.41 Å². The van der Waals surface area contributed by atoms with Gasteiger partial charge in [0.05, 0.1) is 11.0 Å². The lowest BCUT2D eigenvalue weighted by atomic mass is 9.76. The molecule has 3 aliphatic heterocycles. The van der Waals surface area contributed by atoms with E-state index in [4.69, 9.17) is 4.74 Å². The number of ether oxygens (including phenoxy) is 1. The van der Waals surface area contributed by atoms with Crippen LogP contribution in [0.25, 0.3) is 5.65 Å². The monoisotopic (exact) mass is 382 g/mol. The molecule has 5 rings (SSSR count). The number of carbonyl (C=O) groups excluding carboxylic acids is 2. The number of piperidine rings is 1. The fourth-order valence-electron chi connectivity index (χ4n) is 4.97. The van der Waals surface area contributed by atoms with Crippen LogP contribution in [0.3, 0.4) is 0 Å². The molecular weight excluding hydrogens is 356 g/mol. The van der Waals surface area contributed by atoms with Gasteiger partial charge in [-0.3, -0.25) is 14.5 Å². The second kappa shape index (κ2) is 6.88. The summed E-state index contributed by atoms with van der Waals surface area (Å²) in [5.74, 6) is -0.0333. The smallest absolute Gasteiger partial charge is 0.312 e. The van der Waals surface area contributed by atoms with Gasteiger partial charge in [-0.2, -0.15) is 0 Å². The van der Waals surface area contributed by atoms with Crippen molar-refractivity contribution < 1.29 is 14.3 Å². The van der Waals surface area contributed by atoms with Crippen LogP contribution in [0.1, 0.15) is 42.5 Å². The normalized spacial score (nSPS) is 24.9. The number of amides is 1. The van der Waals surface area contributed by atoms with Crippen LogP contribution >= 0.6 is 0 Å². The van der Waals surface area contributed by atoms with E-state index in [0.717, 1.165) is 31.7 Å². The molecule has 2 aromatic heterocycles. The minimum atomic E-state index is -0.393. The summed E-state index contributed by atoms with van der Waals surface area (Å²) in [6.45, 7) is 4.30. The molecular formula is C21H26N4O3. The molecule has 3 fully saturated rings. The molecule has 0 radical (unpaired) electrons. The van der Waals surface area contributed by atoms with Crippen LogP contribution in [0, 0.1) is 5.41 Å². The maximum atomic E-state index is 12.9. The summed E-state index contributed by atoms with van der Waals surface area (Å²) >= 11 is 0. The van der Waals surface area contributed by atoms with Crippen LogP contribution < -0.4 is 0 Å². The van der Waals surface area contributed by atoms with Gasteiger partial charge in [0, 0.05) is 44.6 Å². The Balaban J connectivity index is 1.22. The molecule has 0 aliphatic carbocycles. The zero-order valence-corrected chi connectivity index (χ0v) is 16.0. The number of hydrogen-bond donors (Lipinski definition) is 0. The lowest BCUT2D eigenvalue weighted by Crippen LogP contribution is -2.45. The van der Waals surface area contributed by atoms with Gasteiger partial charge in [-0.1, -0.05) is 0 Å². The third kappa shape index (κ3) is 3.07. The fraction of sp³-hybridized carbons (Fsp3) is 0.571. The summed E-state index contributed by atoms with van der Waals surface area (Å²) in [6, 6.07) is 3.68. The molecule has 0 N–H and O–H groups in total. The van der Waals surface area contributed by atoms with Gasteiger partial charge in [0.15, 0.2) is 0 Å². The number of cyclic esters (lactones) is 1. The number of likely N-dealkylation sites (tertiary alicyclic amines) is 2. The SMILES string of the molecule is O=C(c1ccc2nccn2c1)N1CCC2(CC1)CC(CN1CCCC1)OC2=O. The molecule has 0 bridgehead atoms. The third-order valence-electron chi connectivity index (χ3n) is 6.63. The molecule has 3 saturated heterocycles. The number of aromatic nitrogens is 2. The molecule has 2 aromatic rings. The molecule has 1 spiro atoms. The first-order chi connectivity index (χ1) is 13.6. The minimum absolute atomic E-state index is 0.0106. The second-order valence-corrected chi connectivity index (χ2v) is 8.42. The number of carbonyl (C=O) groups is 2. The first kappa shape index (κ1) is 17.7. The highest BCUT2D eigenvalue weighted by molar-refractivity contribution is 5.94. The van der Waals surface area contributed by atoms with E-state index in [0.29, 0.717) is 31.5 Å². The van der Waals surface area contributed by atoms with Crippen molar-refractivity contribution in [1.82, 2.24) is 19.2 Å². The van der Waals surface area contributed by atoms with Crippen molar-refractivity contribution >= 4 is 17.5 Å². The van der Waals surface area contributed by atoms with E-state index in [1.54, 1.807) is 6.20 Å². The average Bonchev–Trinajstić information content (AvgIpc) is 3.43.